The average molecular weight is 273 g/mol. The molecule has 0 spiro atoms. The van der Waals surface area contributed by atoms with Gasteiger partial charge < -0.3 is 19.5 Å². The summed E-state index contributed by atoms with van der Waals surface area (Å²) in [5.74, 6) is 1.41. The van der Waals surface area contributed by atoms with Gasteiger partial charge >= 0.3 is 0 Å². The van der Waals surface area contributed by atoms with Crippen molar-refractivity contribution < 1.29 is 14.2 Å². The zero-order valence-corrected chi connectivity index (χ0v) is 13.0. The molecule has 114 valence electrons. The lowest BCUT2D eigenvalue weighted by molar-refractivity contribution is -0.0572. The maximum Gasteiger partial charge on any atom is 0.0754 e. The van der Waals surface area contributed by atoms with Crippen LogP contribution in [0.3, 0.4) is 0 Å². The maximum absolute atomic E-state index is 6.03. The van der Waals surface area contributed by atoms with Gasteiger partial charge in [-0.05, 0) is 38.1 Å². The second-order valence-corrected chi connectivity index (χ2v) is 5.74. The average Bonchev–Trinajstić information content (AvgIpc) is 2.39. The molecule has 4 unspecified atom stereocenters. The summed E-state index contributed by atoms with van der Waals surface area (Å²) in [5.41, 5.74) is 0. The summed E-state index contributed by atoms with van der Waals surface area (Å²) in [6.45, 7) is 7.51. The predicted molar refractivity (Wildman–Crippen MR) is 77.5 cm³/mol. The molecule has 0 radical (unpaired) electrons. The predicted octanol–water partition coefficient (Wildman–Crippen LogP) is 2.08. The van der Waals surface area contributed by atoms with Crippen molar-refractivity contribution in [1.82, 2.24) is 5.32 Å². The van der Waals surface area contributed by atoms with E-state index in [-0.39, 0.29) is 0 Å². The molecular formula is C15H31NO3. The van der Waals surface area contributed by atoms with Crippen LogP contribution in [0.4, 0.5) is 0 Å². The number of rotatable bonds is 9. The summed E-state index contributed by atoms with van der Waals surface area (Å²) in [4.78, 5) is 0. The van der Waals surface area contributed by atoms with Gasteiger partial charge in [0.25, 0.3) is 0 Å². The molecule has 0 aromatic rings. The minimum Gasteiger partial charge on any atom is -0.385 e. The molecule has 0 aromatic carbocycles. The Kier molecular flexibility index (Phi) is 8.62. The third-order valence-corrected chi connectivity index (χ3v) is 3.93. The first-order valence-electron chi connectivity index (χ1n) is 7.54. The minimum atomic E-state index is 0.323. The van der Waals surface area contributed by atoms with Gasteiger partial charge in [-0.25, -0.2) is 0 Å². The van der Waals surface area contributed by atoms with E-state index in [1.54, 1.807) is 7.11 Å². The van der Waals surface area contributed by atoms with Crippen molar-refractivity contribution in [2.24, 2.45) is 11.8 Å². The molecule has 1 aliphatic carbocycles. The van der Waals surface area contributed by atoms with E-state index in [0.29, 0.717) is 31.3 Å². The molecule has 0 heterocycles. The van der Waals surface area contributed by atoms with Crippen molar-refractivity contribution in [3.63, 3.8) is 0 Å². The van der Waals surface area contributed by atoms with Gasteiger partial charge in [0, 0.05) is 26.4 Å². The maximum atomic E-state index is 6.03. The molecule has 0 amide bonds. The van der Waals surface area contributed by atoms with Crippen LogP contribution in [0.15, 0.2) is 0 Å². The highest BCUT2D eigenvalue weighted by atomic mass is 16.5. The Balaban J connectivity index is 2.15. The molecule has 4 atom stereocenters. The lowest BCUT2D eigenvalue weighted by Gasteiger charge is -2.39. The Labute approximate surface area is 118 Å². The Hall–Kier alpha value is -0.160. The van der Waals surface area contributed by atoms with Crippen LogP contribution in [-0.4, -0.2) is 52.7 Å². The van der Waals surface area contributed by atoms with E-state index >= 15 is 0 Å². The number of ether oxygens (including phenoxy) is 3. The second-order valence-electron chi connectivity index (χ2n) is 5.74. The number of methoxy groups -OCH3 is 1. The van der Waals surface area contributed by atoms with E-state index in [1.807, 2.05) is 7.05 Å². The fourth-order valence-electron chi connectivity index (χ4n) is 3.04. The van der Waals surface area contributed by atoms with E-state index in [2.05, 4.69) is 19.2 Å². The van der Waals surface area contributed by atoms with Crippen molar-refractivity contribution >= 4 is 0 Å². The van der Waals surface area contributed by atoms with Crippen LogP contribution in [0.25, 0.3) is 0 Å². The number of hydrogen-bond donors (Lipinski definition) is 1. The first-order valence-corrected chi connectivity index (χ1v) is 7.54. The number of hydrogen-bond acceptors (Lipinski definition) is 4. The Morgan fingerprint density at radius 3 is 2.53 bits per heavy atom. The van der Waals surface area contributed by atoms with Crippen LogP contribution in [-0.2, 0) is 14.2 Å². The Bertz CT molecular complexity index is 225. The van der Waals surface area contributed by atoms with E-state index in [9.17, 15) is 0 Å². The smallest absolute Gasteiger partial charge is 0.0754 e. The van der Waals surface area contributed by atoms with Crippen LogP contribution >= 0.6 is 0 Å². The van der Waals surface area contributed by atoms with Gasteiger partial charge in [0.2, 0.25) is 0 Å². The van der Waals surface area contributed by atoms with E-state index < -0.39 is 0 Å². The van der Waals surface area contributed by atoms with Crippen LogP contribution in [0.1, 0.15) is 33.1 Å². The Morgan fingerprint density at radius 2 is 1.84 bits per heavy atom. The fourth-order valence-corrected chi connectivity index (χ4v) is 3.04. The summed E-state index contributed by atoms with van der Waals surface area (Å²) < 4.78 is 16.5. The van der Waals surface area contributed by atoms with Crippen molar-refractivity contribution in [1.29, 1.82) is 0 Å². The summed E-state index contributed by atoms with van der Waals surface area (Å²) in [7, 11) is 3.75. The third-order valence-electron chi connectivity index (χ3n) is 3.93. The lowest BCUT2D eigenvalue weighted by Crippen LogP contribution is -2.48. The molecule has 0 saturated heterocycles. The van der Waals surface area contributed by atoms with Gasteiger partial charge in [0.15, 0.2) is 0 Å². The molecule has 1 rings (SSSR count). The van der Waals surface area contributed by atoms with Gasteiger partial charge in [-0.1, -0.05) is 13.8 Å². The first kappa shape index (κ1) is 16.9. The van der Waals surface area contributed by atoms with Gasteiger partial charge in [-0.2, -0.15) is 0 Å². The van der Waals surface area contributed by atoms with Crippen LogP contribution in [0.2, 0.25) is 0 Å². The molecule has 4 nitrogen and oxygen atoms in total. The summed E-state index contributed by atoms with van der Waals surface area (Å²) >= 11 is 0. The van der Waals surface area contributed by atoms with Crippen molar-refractivity contribution in [3.05, 3.63) is 0 Å². The topological polar surface area (TPSA) is 39.7 Å². The van der Waals surface area contributed by atoms with Gasteiger partial charge in [-0.15, -0.1) is 0 Å². The quantitative estimate of drug-likeness (QED) is 0.653. The molecule has 19 heavy (non-hydrogen) atoms. The molecule has 1 saturated carbocycles. The zero-order valence-electron chi connectivity index (χ0n) is 13.0. The second kappa shape index (κ2) is 9.70. The highest BCUT2D eigenvalue weighted by molar-refractivity contribution is 4.87. The van der Waals surface area contributed by atoms with E-state index in [4.69, 9.17) is 14.2 Å². The van der Waals surface area contributed by atoms with E-state index in [1.165, 1.54) is 12.8 Å². The Morgan fingerprint density at radius 1 is 1.05 bits per heavy atom. The minimum absolute atomic E-state index is 0.323. The third kappa shape index (κ3) is 6.21. The fraction of sp³-hybridized carbons (Fsp3) is 1.00. The first-order chi connectivity index (χ1) is 9.19. The lowest BCUT2D eigenvalue weighted by atomic mass is 9.78. The summed E-state index contributed by atoms with van der Waals surface area (Å²) in [5, 5.41) is 3.40. The van der Waals surface area contributed by atoms with Crippen LogP contribution in [0, 0.1) is 11.8 Å². The van der Waals surface area contributed by atoms with Gasteiger partial charge in [-0.3, -0.25) is 0 Å². The molecule has 0 aliphatic heterocycles. The number of nitrogens with one attached hydrogen (secondary N) is 1. The normalized spacial score (nSPS) is 31.6. The van der Waals surface area contributed by atoms with Gasteiger partial charge in [0.05, 0.1) is 19.3 Å². The molecular weight excluding hydrogens is 242 g/mol. The molecule has 4 heteroatoms. The SMILES string of the molecule is CNC1CC(C)CC(C)C1OCCOCCCOC. The highest BCUT2D eigenvalue weighted by Crippen LogP contribution is 2.30. The molecule has 0 aromatic heterocycles. The molecule has 1 N–H and O–H groups in total. The molecule has 1 aliphatic rings. The van der Waals surface area contributed by atoms with Gasteiger partial charge in [0.1, 0.15) is 0 Å². The van der Waals surface area contributed by atoms with Crippen molar-refractivity contribution in [2.45, 2.75) is 45.3 Å². The van der Waals surface area contributed by atoms with Crippen LogP contribution in [0.5, 0.6) is 0 Å². The summed E-state index contributed by atoms with van der Waals surface area (Å²) in [6.07, 6.45) is 3.74. The monoisotopic (exact) mass is 273 g/mol. The number of likely N-dealkylation sites (N-methyl/N-ethyl adjacent to an activating group) is 1. The standard InChI is InChI=1S/C15H31NO3/c1-12-10-13(2)15(14(11-12)16-3)19-9-8-18-7-5-6-17-4/h12-16H,5-11H2,1-4H3. The van der Waals surface area contributed by atoms with E-state index in [0.717, 1.165) is 25.6 Å². The largest absolute Gasteiger partial charge is 0.385 e. The van der Waals surface area contributed by atoms with Crippen molar-refractivity contribution in [3.8, 4) is 0 Å². The van der Waals surface area contributed by atoms with Crippen molar-refractivity contribution in [2.75, 3.05) is 40.6 Å². The summed E-state index contributed by atoms with van der Waals surface area (Å²) in [6, 6.07) is 0.479. The highest BCUT2D eigenvalue weighted by Gasteiger charge is 2.33. The zero-order chi connectivity index (χ0) is 14.1. The molecule has 0 bridgehead atoms. The molecule has 1 fully saturated rings. The van der Waals surface area contributed by atoms with Crippen LogP contribution < -0.4 is 5.32 Å².